The van der Waals surface area contributed by atoms with Crippen molar-refractivity contribution < 1.29 is 5.11 Å². The van der Waals surface area contributed by atoms with Gasteiger partial charge in [0.1, 0.15) is 0 Å². The van der Waals surface area contributed by atoms with Crippen LogP contribution < -0.4 is 10.6 Å². The summed E-state index contributed by atoms with van der Waals surface area (Å²) in [5, 5.41) is 16.5. The van der Waals surface area contributed by atoms with Gasteiger partial charge in [-0.25, -0.2) is 0 Å². The van der Waals surface area contributed by atoms with Crippen LogP contribution in [0.3, 0.4) is 0 Å². The fourth-order valence-corrected chi connectivity index (χ4v) is 2.12. The van der Waals surface area contributed by atoms with Gasteiger partial charge < -0.3 is 15.7 Å². The van der Waals surface area contributed by atoms with Crippen LogP contribution in [0.15, 0.2) is 0 Å². The summed E-state index contributed by atoms with van der Waals surface area (Å²) in [5.74, 6) is 0.803. The smallest absolute Gasteiger partial charge is 0.0662 e. The van der Waals surface area contributed by atoms with E-state index in [0.717, 1.165) is 44.8 Å². The Hall–Kier alpha value is -0.120. The SMILES string of the molecule is OC1(CCNCC2CCCNC2)CC1. The molecule has 3 heteroatoms. The number of hydrogen-bond donors (Lipinski definition) is 3. The lowest BCUT2D eigenvalue weighted by Gasteiger charge is -2.23. The highest BCUT2D eigenvalue weighted by Gasteiger charge is 2.39. The second-order valence-corrected chi connectivity index (χ2v) is 4.89. The average molecular weight is 198 g/mol. The van der Waals surface area contributed by atoms with Crippen LogP contribution in [0.4, 0.5) is 0 Å². The van der Waals surface area contributed by atoms with Crippen LogP contribution >= 0.6 is 0 Å². The first kappa shape index (κ1) is 10.4. The lowest BCUT2D eigenvalue weighted by Crippen LogP contribution is -2.36. The van der Waals surface area contributed by atoms with Crippen molar-refractivity contribution >= 4 is 0 Å². The summed E-state index contributed by atoms with van der Waals surface area (Å²) in [5.41, 5.74) is -0.280. The van der Waals surface area contributed by atoms with Crippen LogP contribution in [-0.2, 0) is 0 Å². The average Bonchev–Trinajstić information content (AvgIpc) is 2.94. The predicted molar refractivity (Wildman–Crippen MR) is 57.3 cm³/mol. The van der Waals surface area contributed by atoms with E-state index in [1.807, 2.05) is 0 Å². The molecule has 1 aliphatic heterocycles. The molecule has 3 N–H and O–H groups in total. The van der Waals surface area contributed by atoms with Gasteiger partial charge in [0.25, 0.3) is 0 Å². The van der Waals surface area contributed by atoms with Crippen molar-refractivity contribution in [1.82, 2.24) is 10.6 Å². The molecule has 1 aliphatic carbocycles. The molecule has 1 heterocycles. The highest BCUT2D eigenvalue weighted by molar-refractivity contribution is 4.93. The first-order chi connectivity index (χ1) is 6.79. The third-order valence-electron chi connectivity index (χ3n) is 3.43. The Balaban J connectivity index is 1.49. The normalized spacial score (nSPS) is 30.2. The fourth-order valence-electron chi connectivity index (χ4n) is 2.12. The summed E-state index contributed by atoms with van der Waals surface area (Å²) >= 11 is 0. The minimum atomic E-state index is -0.280. The van der Waals surface area contributed by atoms with Gasteiger partial charge in [0.2, 0.25) is 0 Å². The summed E-state index contributed by atoms with van der Waals surface area (Å²) in [4.78, 5) is 0. The van der Waals surface area contributed by atoms with Crippen LogP contribution in [0.2, 0.25) is 0 Å². The van der Waals surface area contributed by atoms with Crippen molar-refractivity contribution in [1.29, 1.82) is 0 Å². The lowest BCUT2D eigenvalue weighted by atomic mass is 10.00. The molecule has 3 nitrogen and oxygen atoms in total. The second kappa shape index (κ2) is 4.60. The Labute approximate surface area is 86.3 Å². The lowest BCUT2D eigenvalue weighted by molar-refractivity contribution is 0.139. The molecule has 0 radical (unpaired) electrons. The topological polar surface area (TPSA) is 44.3 Å². The molecule has 2 fully saturated rings. The van der Waals surface area contributed by atoms with E-state index >= 15 is 0 Å². The molecule has 2 rings (SSSR count). The molecule has 1 saturated heterocycles. The highest BCUT2D eigenvalue weighted by atomic mass is 16.3. The molecule has 82 valence electrons. The van der Waals surface area contributed by atoms with E-state index in [0.29, 0.717) is 0 Å². The zero-order valence-electron chi connectivity index (χ0n) is 8.89. The summed E-state index contributed by atoms with van der Waals surface area (Å²) < 4.78 is 0. The Bertz CT molecular complexity index is 174. The molecule has 0 aromatic rings. The number of hydrogen-bond acceptors (Lipinski definition) is 3. The van der Waals surface area contributed by atoms with E-state index in [1.165, 1.54) is 19.4 Å². The van der Waals surface area contributed by atoms with E-state index in [4.69, 9.17) is 0 Å². The maximum Gasteiger partial charge on any atom is 0.0662 e. The molecule has 0 amide bonds. The van der Waals surface area contributed by atoms with Gasteiger partial charge in [-0.2, -0.15) is 0 Å². The minimum Gasteiger partial charge on any atom is -0.390 e. The summed E-state index contributed by atoms with van der Waals surface area (Å²) in [6.45, 7) is 4.45. The van der Waals surface area contributed by atoms with Gasteiger partial charge in [-0.1, -0.05) is 0 Å². The molecule has 1 atom stereocenters. The number of aliphatic hydroxyl groups is 1. The summed E-state index contributed by atoms with van der Waals surface area (Å²) in [7, 11) is 0. The van der Waals surface area contributed by atoms with Crippen molar-refractivity contribution in [2.75, 3.05) is 26.2 Å². The summed E-state index contributed by atoms with van der Waals surface area (Å²) in [6, 6.07) is 0. The van der Waals surface area contributed by atoms with E-state index < -0.39 is 0 Å². The van der Waals surface area contributed by atoms with Gasteiger partial charge in [-0.05, 0) is 64.2 Å². The van der Waals surface area contributed by atoms with Crippen LogP contribution in [0, 0.1) is 5.92 Å². The first-order valence-corrected chi connectivity index (χ1v) is 5.92. The minimum absolute atomic E-state index is 0.280. The van der Waals surface area contributed by atoms with Gasteiger partial charge in [-0.15, -0.1) is 0 Å². The zero-order valence-corrected chi connectivity index (χ0v) is 8.89. The van der Waals surface area contributed by atoms with Crippen LogP contribution in [0.25, 0.3) is 0 Å². The van der Waals surface area contributed by atoms with E-state index in [2.05, 4.69) is 10.6 Å². The van der Waals surface area contributed by atoms with Crippen LogP contribution in [0.1, 0.15) is 32.1 Å². The first-order valence-electron chi connectivity index (χ1n) is 5.92. The Morgan fingerprint density at radius 3 is 2.93 bits per heavy atom. The molecular formula is C11H22N2O. The molecule has 0 spiro atoms. The monoisotopic (exact) mass is 198 g/mol. The van der Waals surface area contributed by atoms with Crippen molar-refractivity contribution in [3.05, 3.63) is 0 Å². The Morgan fingerprint density at radius 2 is 2.29 bits per heavy atom. The van der Waals surface area contributed by atoms with Crippen molar-refractivity contribution in [3.63, 3.8) is 0 Å². The largest absolute Gasteiger partial charge is 0.390 e. The molecule has 14 heavy (non-hydrogen) atoms. The van der Waals surface area contributed by atoms with E-state index in [9.17, 15) is 5.11 Å². The van der Waals surface area contributed by atoms with Crippen LogP contribution in [-0.4, -0.2) is 36.9 Å². The Morgan fingerprint density at radius 1 is 1.43 bits per heavy atom. The maximum absolute atomic E-state index is 9.61. The van der Waals surface area contributed by atoms with Gasteiger partial charge in [-0.3, -0.25) is 0 Å². The number of piperidine rings is 1. The molecular weight excluding hydrogens is 176 g/mol. The van der Waals surface area contributed by atoms with Gasteiger partial charge in [0, 0.05) is 0 Å². The third kappa shape index (κ3) is 3.23. The molecule has 2 aliphatic rings. The van der Waals surface area contributed by atoms with E-state index in [1.54, 1.807) is 0 Å². The van der Waals surface area contributed by atoms with Crippen LogP contribution in [0.5, 0.6) is 0 Å². The highest BCUT2D eigenvalue weighted by Crippen LogP contribution is 2.37. The number of rotatable bonds is 5. The summed E-state index contributed by atoms with van der Waals surface area (Å²) in [6.07, 6.45) is 5.63. The Kier molecular flexibility index (Phi) is 3.42. The predicted octanol–water partition coefficient (Wildman–Crippen LogP) is 0.491. The quantitative estimate of drug-likeness (QED) is 0.563. The van der Waals surface area contributed by atoms with Crippen molar-refractivity contribution in [2.24, 2.45) is 5.92 Å². The van der Waals surface area contributed by atoms with Crippen molar-refractivity contribution in [3.8, 4) is 0 Å². The fraction of sp³-hybridized carbons (Fsp3) is 1.00. The molecule has 1 saturated carbocycles. The number of nitrogens with one attached hydrogen (secondary N) is 2. The van der Waals surface area contributed by atoms with E-state index in [-0.39, 0.29) is 5.60 Å². The second-order valence-electron chi connectivity index (χ2n) is 4.89. The standard InChI is InChI=1S/C11H22N2O/c14-11(3-4-11)5-7-13-9-10-2-1-6-12-8-10/h10,12-14H,1-9H2. The molecule has 0 aromatic carbocycles. The maximum atomic E-state index is 9.61. The van der Waals surface area contributed by atoms with Gasteiger partial charge in [0.05, 0.1) is 5.60 Å². The molecule has 0 aromatic heterocycles. The van der Waals surface area contributed by atoms with Gasteiger partial charge in [0.15, 0.2) is 0 Å². The molecule has 0 bridgehead atoms. The third-order valence-corrected chi connectivity index (χ3v) is 3.43. The van der Waals surface area contributed by atoms with Gasteiger partial charge >= 0.3 is 0 Å². The zero-order chi connectivity index (χ0) is 9.86. The molecule has 1 unspecified atom stereocenters. The van der Waals surface area contributed by atoms with Crippen molar-refractivity contribution in [2.45, 2.75) is 37.7 Å².